The number of ether oxygens (including phenoxy) is 1. The average molecular weight is 321 g/mol. The molecule has 1 atom stereocenters. The minimum absolute atomic E-state index is 0.0122. The Hall–Kier alpha value is -2.28. The van der Waals surface area contributed by atoms with Crippen molar-refractivity contribution >= 4 is 17.6 Å². The summed E-state index contributed by atoms with van der Waals surface area (Å²) in [7, 11) is 5.66. The van der Waals surface area contributed by atoms with Gasteiger partial charge in [0.05, 0.1) is 40.3 Å². The number of urea groups is 1. The smallest absolute Gasteiger partial charge is 0.315 e. The highest BCUT2D eigenvalue weighted by Crippen LogP contribution is 2.24. The van der Waals surface area contributed by atoms with Gasteiger partial charge < -0.3 is 25.2 Å². The summed E-state index contributed by atoms with van der Waals surface area (Å²) in [6, 6.07) is 6.94. The number of nitrogens with one attached hydrogen (secondary N) is 3. The van der Waals surface area contributed by atoms with E-state index in [1.807, 2.05) is 38.4 Å². The molecule has 1 saturated heterocycles. The van der Waals surface area contributed by atoms with Gasteiger partial charge in [-0.2, -0.15) is 0 Å². The number of hydrogen-bond acceptors (Lipinski definition) is 3. The Labute approximate surface area is 136 Å². The molecule has 7 nitrogen and oxygen atoms in total. The molecule has 0 aliphatic carbocycles. The van der Waals surface area contributed by atoms with E-state index in [0.717, 1.165) is 18.0 Å². The van der Waals surface area contributed by atoms with Crippen LogP contribution in [0.25, 0.3) is 0 Å². The van der Waals surface area contributed by atoms with E-state index >= 15 is 0 Å². The van der Waals surface area contributed by atoms with Gasteiger partial charge in [0.2, 0.25) is 5.91 Å². The van der Waals surface area contributed by atoms with Crippen molar-refractivity contribution in [1.29, 1.82) is 0 Å². The zero-order chi connectivity index (χ0) is 16.8. The molecule has 126 valence electrons. The number of likely N-dealkylation sites (N-methyl/N-ethyl adjacent to an activating group) is 1. The molecule has 3 N–H and O–H groups in total. The molecule has 3 amide bonds. The molecule has 0 aromatic heterocycles. The van der Waals surface area contributed by atoms with Crippen molar-refractivity contribution in [2.45, 2.75) is 12.5 Å². The standard InChI is InChI=1S/C16H24N4O3/c1-19(2)9-8-17-16(22)18-12-10-15(21)20(11-12)13-4-6-14(23-3)7-5-13/h4-7,12H,8-11H2,1-3H3,(H2,17,18,22)/p+1/t12-/m1/s1. The minimum Gasteiger partial charge on any atom is -0.497 e. The van der Waals surface area contributed by atoms with Gasteiger partial charge in [-0.05, 0) is 24.3 Å². The Kier molecular flexibility index (Phi) is 5.81. The number of carbonyl (C=O) groups excluding carboxylic acids is 2. The van der Waals surface area contributed by atoms with Crippen LogP contribution in [0.1, 0.15) is 6.42 Å². The third-order valence-electron chi connectivity index (χ3n) is 3.75. The van der Waals surface area contributed by atoms with Crippen molar-refractivity contribution in [3.05, 3.63) is 24.3 Å². The number of quaternary nitrogens is 1. The lowest BCUT2D eigenvalue weighted by atomic mass is 10.2. The lowest BCUT2D eigenvalue weighted by molar-refractivity contribution is -0.856. The van der Waals surface area contributed by atoms with Crippen molar-refractivity contribution in [2.24, 2.45) is 0 Å². The Balaban J connectivity index is 1.85. The van der Waals surface area contributed by atoms with Gasteiger partial charge in [0.1, 0.15) is 5.75 Å². The third-order valence-corrected chi connectivity index (χ3v) is 3.75. The quantitative estimate of drug-likeness (QED) is 0.645. The van der Waals surface area contributed by atoms with E-state index in [9.17, 15) is 9.59 Å². The van der Waals surface area contributed by atoms with E-state index in [0.29, 0.717) is 19.5 Å². The number of benzene rings is 1. The van der Waals surface area contributed by atoms with E-state index in [1.54, 1.807) is 12.0 Å². The molecule has 2 rings (SSSR count). The van der Waals surface area contributed by atoms with Gasteiger partial charge in [0.15, 0.2) is 0 Å². The van der Waals surface area contributed by atoms with Crippen LogP contribution in [0.4, 0.5) is 10.5 Å². The van der Waals surface area contributed by atoms with Gasteiger partial charge in [0.25, 0.3) is 0 Å². The first-order chi connectivity index (χ1) is 11.0. The topological polar surface area (TPSA) is 75.1 Å². The number of nitrogens with zero attached hydrogens (tertiary/aromatic N) is 1. The van der Waals surface area contributed by atoms with E-state index in [4.69, 9.17) is 4.74 Å². The van der Waals surface area contributed by atoms with Crippen LogP contribution in [0.3, 0.4) is 0 Å². The third kappa shape index (κ3) is 4.85. The summed E-state index contributed by atoms with van der Waals surface area (Å²) in [4.78, 5) is 26.9. The molecule has 1 aliphatic rings. The molecular weight excluding hydrogens is 296 g/mol. The van der Waals surface area contributed by atoms with E-state index < -0.39 is 0 Å². The molecule has 0 bridgehead atoms. The maximum Gasteiger partial charge on any atom is 0.315 e. The van der Waals surface area contributed by atoms with Crippen LogP contribution in [-0.2, 0) is 4.79 Å². The maximum atomic E-state index is 12.1. The molecule has 0 saturated carbocycles. The van der Waals surface area contributed by atoms with Crippen molar-refractivity contribution in [2.75, 3.05) is 45.7 Å². The molecule has 1 heterocycles. The highest BCUT2D eigenvalue weighted by atomic mass is 16.5. The first kappa shape index (κ1) is 17.1. The highest BCUT2D eigenvalue weighted by Gasteiger charge is 2.31. The Morgan fingerprint density at radius 3 is 2.65 bits per heavy atom. The van der Waals surface area contributed by atoms with Crippen LogP contribution in [0, 0.1) is 0 Å². The first-order valence-corrected chi connectivity index (χ1v) is 7.77. The zero-order valence-corrected chi connectivity index (χ0v) is 13.9. The monoisotopic (exact) mass is 321 g/mol. The number of anilines is 1. The summed E-state index contributed by atoms with van der Waals surface area (Å²) in [5, 5.41) is 5.67. The van der Waals surface area contributed by atoms with Crippen LogP contribution >= 0.6 is 0 Å². The normalized spacial score (nSPS) is 17.5. The summed E-state index contributed by atoms with van der Waals surface area (Å²) in [6.07, 6.45) is 0.318. The van der Waals surface area contributed by atoms with Gasteiger partial charge in [0, 0.05) is 18.7 Å². The molecule has 0 spiro atoms. The van der Waals surface area contributed by atoms with Gasteiger partial charge in [-0.15, -0.1) is 0 Å². The van der Waals surface area contributed by atoms with Gasteiger partial charge in [-0.25, -0.2) is 4.79 Å². The average Bonchev–Trinajstić information content (AvgIpc) is 2.87. The summed E-state index contributed by atoms with van der Waals surface area (Å²) < 4.78 is 5.12. The molecule has 1 aromatic carbocycles. The Morgan fingerprint density at radius 1 is 1.35 bits per heavy atom. The van der Waals surface area contributed by atoms with Crippen LogP contribution in [-0.4, -0.2) is 58.8 Å². The van der Waals surface area contributed by atoms with Crippen LogP contribution in [0.5, 0.6) is 5.75 Å². The molecule has 23 heavy (non-hydrogen) atoms. The van der Waals surface area contributed by atoms with Crippen LogP contribution < -0.4 is 25.2 Å². The second kappa shape index (κ2) is 7.82. The fourth-order valence-electron chi connectivity index (χ4n) is 2.48. The lowest BCUT2D eigenvalue weighted by Crippen LogP contribution is -3.06. The number of amides is 3. The van der Waals surface area contributed by atoms with E-state index in [2.05, 4.69) is 10.6 Å². The van der Waals surface area contributed by atoms with E-state index in [1.165, 1.54) is 4.90 Å². The fraction of sp³-hybridized carbons (Fsp3) is 0.500. The van der Waals surface area contributed by atoms with Gasteiger partial charge in [-0.1, -0.05) is 0 Å². The van der Waals surface area contributed by atoms with Crippen molar-refractivity contribution in [3.63, 3.8) is 0 Å². The fourth-order valence-corrected chi connectivity index (χ4v) is 2.48. The number of methoxy groups -OCH3 is 1. The summed E-state index contributed by atoms with van der Waals surface area (Å²) in [5.41, 5.74) is 0.816. The molecule has 7 heteroatoms. The Morgan fingerprint density at radius 2 is 2.04 bits per heavy atom. The van der Waals surface area contributed by atoms with Crippen LogP contribution in [0.2, 0.25) is 0 Å². The second-order valence-electron chi connectivity index (χ2n) is 5.96. The predicted molar refractivity (Wildman–Crippen MR) is 88.0 cm³/mol. The second-order valence-corrected chi connectivity index (χ2v) is 5.96. The summed E-state index contributed by atoms with van der Waals surface area (Å²) in [5.74, 6) is 0.760. The Bertz CT molecular complexity index is 545. The maximum absolute atomic E-state index is 12.1. The molecule has 0 radical (unpaired) electrons. The molecule has 1 fully saturated rings. The van der Waals surface area contributed by atoms with Crippen LogP contribution in [0.15, 0.2) is 24.3 Å². The molecule has 1 aliphatic heterocycles. The van der Waals surface area contributed by atoms with Crippen molar-refractivity contribution in [3.8, 4) is 5.75 Å². The largest absolute Gasteiger partial charge is 0.497 e. The number of hydrogen-bond donors (Lipinski definition) is 3. The molecular formula is C16H25N4O3+. The van der Waals surface area contributed by atoms with E-state index in [-0.39, 0.29) is 18.0 Å². The number of carbonyl (C=O) groups is 2. The van der Waals surface area contributed by atoms with Crippen molar-refractivity contribution < 1.29 is 19.2 Å². The van der Waals surface area contributed by atoms with Gasteiger partial charge >= 0.3 is 6.03 Å². The number of rotatable bonds is 6. The zero-order valence-electron chi connectivity index (χ0n) is 13.9. The highest BCUT2D eigenvalue weighted by molar-refractivity contribution is 5.96. The molecule has 1 aromatic rings. The first-order valence-electron chi connectivity index (χ1n) is 7.77. The summed E-state index contributed by atoms with van der Waals surface area (Å²) >= 11 is 0. The van der Waals surface area contributed by atoms with Gasteiger partial charge in [-0.3, -0.25) is 4.79 Å². The molecule has 0 unspecified atom stereocenters. The lowest BCUT2D eigenvalue weighted by Gasteiger charge is -2.18. The van der Waals surface area contributed by atoms with Crippen molar-refractivity contribution in [1.82, 2.24) is 10.6 Å². The predicted octanol–water partition coefficient (Wildman–Crippen LogP) is -0.756. The SMILES string of the molecule is COc1ccc(N2C[C@H](NC(=O)NCC[NH+](C)C)CC2=O)cc1. The summed E-state index contributed by atoms with van der Waals surface area (Å²) in [6.45, 7) is 1.95. The minimum atomic E-state index is -0.222.